The summed E-state index contributed by atoms with van der Waals surface area (Å²) in [6.45, 7) is 0.919. The molecule has 6 rings (SSSR count). The predicted octanol–water partition coefficient (Wildman–Crippen LogP) is 4.07. The van der Waals surface area contributed by atoms with Gasteiger partial charge in [0.25, 0.3) is 5.91 Å². The van der Waals surface area contributed by atoms with E-state index in [-0.39, 0.29) is 23.9 Å². The number of H-pyrrole nitrogens is 1. The van der Waals surface area contributed by atoms with E-state index in [1.54, 1.807) is 24.3 Å². The Bertz CT molecular complexity index is 1880. The van der Waals surface area contributed by atoms with Gasteiger partial charge in [-0.05, 0) is 61.5 Å². The second-order valence-corrected chi connectivity index (χ2v) is 10.4. The van der Waals surface area contributed by atoms with Gasteiger partial charge in [-0.15, -0.1) is 5.10 Å². The summed E-state index contributed by atoms with van der Waals surface area (Å²) in [7, 11) is 4.06. The van der Waals surface area contributed by atoms with Gasteiger partial charge in [-0.2, -0.15) is 15.3 Å². The number of hydrogen-bond acceptors (Lipinski definition) is 8. The number of amides is 3. The van der Waals surface area contributed by atoms with Crippen LogP contribution in [0.4, 0.5) is 16.4 Å². The molecule has 0 atom stereocenters. The molecule has 5 aromatic rings. The van der Waals surface area contributed by atoms with E-state index >= 15 is 0 Å². The highest BCUT2D eigenvalue weighted by Gasteiger charge is 2.35. The van der Waals surface area contributed by atoms with Crippen molar-refractivity contribution in [1.82, 2.24) is 34.8 Å². The SMILES string of the molecule is CN(C)Cc1ccccc1-c1ccc(NC(=O)N2CCc3c(C#N)nn(-c4cccc(-c5nc(N)n[nH]5)c4)c3C2=O)cc1. The Morgan fingerprint density at radius 3 is 2.60 bits per heavy atom. The van der Waals surface area contributed by atoms with E-state index in [4.69, 9.17) is 5.73 Å². The Hall–Kier alpha value is -5.80. The number of fused-ring (bicyclic) bond motifs is 1. The van der Waals surface area contributed by atoms with Gasteiger partial charge in [0.2, 0.25) is 5.95 Å². The third-order valence-electron chi connectivity index (χ3n) is 7.19. The number of aromatic nitrogens is 5. The maximum atomic E-state index is 13.7. The molecule has 1 aliphatic rings. The molecule has 43 heavy (non-hydrogen) atoms. The normalized spacial score (nSPS) is 12.7. The van der Waals surface area contributed by atoms with Crippen LogP contribution >= 0.6 is 0 Å². The number of nitrogens with one attached hydrogen (secondary N) is 2. The molecule has 0 fully saturated rings. The smallest absolute Gasteiger partial charge is 0.328 e. The van der Waals surface area contributed by atoms with E-state index in [1.807, 2.05) is 50.5 Å². The molecule has 0 saturated heterocycles. The lowest BCUT2D eigenvalue weighted by molar-refractivity contribution is 0.0789. The molecule has 0 aliphatic carbocycles. The van der Waals surface area contributed by atoms with Crippen LogP contribution in [0.3, 0.4) is 0 Å². The first kappa shape index (κ1) is 27.4. The van der Waals surface area contributed by atoms with E-state index in [9.17, 15) is 14.9 Å². The first-order valence-corrected chi connectivity index (χ1v) is 13.6. The lowest BCUT2D eigenvalue weighted by Crippen LogP contribution is -2.45. The number of hydrogen-bond donors (Lipinski definition) is 3. The van der Waals surface area contributed by atoms with E-state index in [0.717, 1.165) is 22.6 Å². The van der Waals surface area contributed by atoms with Crippen LogP contribution < -0.4 is 11.1 Å². The fourth-order valence-corrected chi connectivity index (χ4v) is 5.22. The molecule has 4 N–H and O–H groups in total. The largest absolute Gasteiger partial charge is 0.366 e. The van der Waals surface area contributed by atoms with Crippen LogP contribution in [0.2, 0.25) is 0 Å². The molecule has 3 heterocycles. The molecule has 0 radical (unpaired) electrons. The fraction of sp³-hybridized carbons (Fsp3) is 0.161. The van der Waals surface area contributed by atoms with Crippen LogP contribution in [0.1, 0.15) is 27.3 Å². The van der Waals surface area contributed by atoms with Crippen molar-refractivity contribution in [3.8, 4) is 34.3 Å². The number of carbonyl (C=O) groups excluding carboxylic acids is 2. The van der Waals surface area contributed by atoms with Crippen molar-refractivity contribution in [3.05, 3.63) is 95.3 Å². The summed E-state index contributed by atoms with van der Waals surface area (Å²) >= 11 is 0. The molecule has 12 heteroatoms. The summed E-state index contributed by atoms with van der Waals surface area (Å²) in [4.78, 5) is 34.5. The minimum atomic E-state index is -0.562. The van der Waals surface area contributed by atoms with Crippen LogP contribution in [0, 0.1) is 11.3 Å². The first-order chi connectivity index (χ1) is 20.8. The molecule has 0 bridgehead atoms. The summed E-state index contributed by atoms with van der Waals surface area (Å²) < 4.78 is 1.40. The van der Waals surface area contributed by atoms with Crippen molar-refractivity contribution in [2.75, 3.05) is 31.7 Å². The van der Waals surface area contributed by atoms with Crippen LogP contribution in [0.5, 0.6) is 0 Å². The van der Waals surface area contributed by atoms with Gasteiger partial charge in [-0.1, -0.05) is 48.5 Å². The predicted molar refractivity (Wildman–Crippen MR) is 161 cm³/mol. The zero-order chi connectivity index (χ0) is 30.1. The Morgan fingerprint density at radius 1 is 1.09 bits per heavy atom. The maximum Gasteiger partial charge on any atom is 0.328 e. The highest BCUT2D eigenvalue weighted by molar-refractivity contribution is 6.09. The zero-order valence-corrected chi connectivity index (χ0v) is 23.6. The van der Waals surface area contributed by atoms with E-state index in [1.165, 1.54) is 10.2 Å². The number of nitrogen functional groups attached to an aromatic ring is 1. The van der Waals surface area contributed by atoms with Crippen molar-refractivity contribution in [1.29, 1.82) is 5.26 Å². The quantitative estimate of drug-likeness (QED) is 0.274. The lowest BCUT2D eigenvalue weighted by atomic mass is 9.99. The minimum absolute atomic E-state index is 0.101. The summed E-state index contributed by atoms with van der Waals surface area (Å²) in [5.74, 6) is 0.000895. The summed E-state index contributed by atoms with van der Waals surface area (Å²) in [6.07, 6.45) is 0.303. The molecule has 12 nitrogen and oxygen atoms in total. The first-order valence-electron chi connectivity index (χ1n) is 13.6. The van der Waals surface area contributed by atoms with Crippen LogP contribution in [0.25, 0.3) is 28.2 Å². The van der Waals surface area contributed by atoms with Crippen LogP contribution in [-0.4, -0.2) is 67.3 Å². The Kier molecular flexibility index (Phi) is 7.15. The van der Waals surface area contributed by atoms with Crippen LogP contribution in [-0.2, 0) is 13.0 Å². The molecule has 0 saturated carbocycles. The molecule has 1 aliphatic heterocycles. The molecule has 0 unspecified atom stereocenters. The maximum absolute atomic E-state index is 13.7. The van der Waals surface area contributed by atoms with Crippen LogP contribution in [0.15, 0.2) is 72.8 Å². The molecule has 3 amide bonds. The van der Waals surface area contributed by atoms with E-state index in [0.29, 0.717) is 34.7 Å². The number of benzene rings is 3. The summed E-state index contributed by atoms with van der Waals surface area (Å²) in [5.41, 5.74) is 11.5. The van der Waals surface area contributed by atoms with Crippen molar-refractivity contribution in [3.63, 3.8) is 0 Å². The second-order valence-electron chi connectivity index (χ2n) is 10.4. The number of urea groups is 1. The zero-order valence-electron chi connectivity index (χ0n) is 23.6. The average molecular weight is 573 g/mol. The molecular formula is C31H28N10O2. The third-order valence-corrected chi connectivity index (χ3v) is 7.19. The number of rotatable bonds is 6. The summed E-state index contributed by atoms with van der Waals surface area (Å²) in [6, 6.07) is 24.3. The van der Waals surface area contributed by atoms with Gasteiger partial charge in [0, 0.05) is 29.9 Å². The van der Waals surface area contributed by atoms with Gasteiger partial charge in [0.05, 0.1) is 5.69 Å². The Balaban J connectivity index is 1.25. The molecular weight excluding hydrogens is 544 g/mol. The van der Waals surface area contributed by atoms with E-state index in [2.05, 4.69) is 48.7 Å². The minimum Gasteiger partial charge on any atom is -0.366 e. The van der Waals surface area contributed by atoms with Gasteiger partial charge < -0.3 is 16.0 Å². The molecule has 214 valence electrons. The van der Waals surface area contributed by atoms with Crippen molar-refractivity contribution in [2.24, 2.45) is 0 Å². The number of aromatic amines is 1. The number of nitrogens with two attached hydrogens (primary N) is 1. The highest BCUT2D eigenvalue weighted by Crippen LogP contribution is 2.29. The van der Waals surface area contributed by atoms with Crippen molar-refractivity contribution >= 4 is 23.6 Å². The van der Waals surface area contributed by atoms with Gasteiger partial charge >= 0.3 is 6.03 Å². The van der Waals surface area contributed by atoms with Crippen molar-refractivity contribution in [2.45, 2.75) is 13.0 Å². The molecule has 3 aromatic carbocycles. The van der Waals surface area contributed by atoms with E-state index < -0.39 is 11.9 Å². The van der Waals surface area contributed by atoms with Gasteiger partial charge in [0.15, 0.2) is 11.5 Å². The Labute approximate surface area is 247 Å². The second kappa shape index (κ2) is 11.2. The molecule has 2 aromatic heterocycles. The third kappa shape index (κ3) is 5.32. The summed E-state index contributed by atoms with van der Waals surface area (Å²) in [5, 5.41) is 23.6. The van der Waals surface area contributed by atoms with Crippen molar-refractivity contribution < 1.29 is 9.59 Å². The number of imide groups is 1. The fourth-order valence-electron chi connectivity index (χ4n) is 5.22. The Morgan fingerprint density at radius 2 is 1.88 bits per heavy atom. The topological polar surface area (TPSA) is 162 Å². The standard InChI is InChI=1S/C31H28N10O2/c1-39(2)18-21-6-3-4-9-24(21)19-10-12-22(13-11-19)34-31(43)40-15-14-25-26(17-32)38-41(27(25)29(40)42)23-8-5-7-20(16-23)28-35-30(33)37-36-28/h3-13,16H,14-15,18H2,1-2H3,(H,34,43)(H3,33,35,36,37). The monoisotopic (exact) mass is 572 g/mol. The lowest BCUT2D eigenvalue weighted by Gasteiger charge is -2.26. The molecule has 0 spiro atoms. The number of nitrogens with zero attached hydrogens (tertiary/aromatic N) is 7. The number of nitriles is 1. The van der Waals surface area contributed by atoms with Gasteiger partial charge in [0.1, 0.15) is 11.8 Å². The number of anilines is 2. The number of carbonyl (C=O) groups is 2. The van der Waals surface area contributed by atoms with Gasteiger partial charge in [-0.25, -0.2) is 9.48 Å². The van der Waals surface area contributed by atoms with Gasteiger partial charge in [-0.3, -0.25) is 14.8 Å². The highest BCUT2D eigenvalue weighted by atomic mass is 16.2. The average Bonchev–Trinajstić information content (AvgIpc) is 3.62.